The Balaban J connectivity index is 1.22. The molecule has 39 heavy (non-hydrogen) atoms. The summed E-state index contributed by atoms with van der Waals surface area (Å²) < 4.78 is 24.1. The average molecular weight is 550 g/mol. The summed E-state index contributed by atoms with van der Waals surface area (Å²) in [6, 6.07) is 14.0. The number of thiocarbonyl (C=S) groups is 1. The first-order chi connectivity index (χ1) is 18.9. The number of hydrogen-bond acceptors (Lipinski definition) is 8. The van der Waals surface area contributed by atoms with Crippen LogP contribution in [-0.2, 0) is 16.1 Å². The molecule has 1 aromatic heterocycles. The van der Waals surface area contributed by atoms with Crippen molar-refractivity contribution in [2.45, 2.75) is 26.0 Å². The fraction of sp³-hybridized carbons (Fsp3) is 0.321. The summed E-state index contributed by atoms with van der Waals surface area (Å²) in [5.41, 5.74) is 4.02. The molecule has 0 spiro atoms. The monoisotopic (exact) mass is 549 g/mol. The molecule has 1 fully saturated rings. The number of hydrogen-bond donors (Lipinski definition) is 1. The van der Waals surface area contributed by atoms with Crippen molar-refractivity contribution in [3.8, 4) is 5.75 Å². The summed E-state index contributed by atoms with van der Waals surface area (Å²) in [4.78, 5) is 30.3. The molecular weight excluding hydrogens is 521 g/mol. The Morgan fingerprint density at radius 1 is 1.15 bits per heavy atom. The second kappa shape index (κ2) is 11.8. The molecule has 2 aliphatic rings. The maximum absolute atomic E-state index is 13.7. The Hall–Kier alpha value is -3.96. The zero-order valence-electron chi connectivity index (χ0n) is 21.6. The van der Waals surface area contributed by atoms with Gasteiger partial charge in [-0.25, -0.2) is 14.4 Å². The molecule has 3 heterocycles. The Kier molecular flexibility index (Phi) is 8.08. The zero-order chi connectivity index (χ0) is 27.4. The molecule has 0 aliphatic carbocycles. The van der Waals surface area contributed by atoms with Crippen molar-refractivity contribution in [1.82, 2.24) is 20.2 Å². The summed E-state index contributed by atoms with van der Waals surface area (Å²) in [5.74, 6) is -0.291. The molecule has 5 rings (SSSR count). The quantitative estimate of drug-likeness (QED) is 0.446. The van der Waals surface area contributed by atoms with Crippen molar-refractivity contribution in [3.05, 3.63) is 88.3 Å². The van der Waals surface area contributed by atoms with Crippen LogP contribution in [0.5, 0.6) is 5.75 Å². The van der Waals surface area contributed by atoms with E-state index in [0.29, 0.717) is 42.4 Å². The lowest BCUT2D eigenvalue weighted by Gasteiger charge is -2.29. The Morgan fingerprint density at radius 2 is 1.92 bits per heavy atom. The third kappa shape index (κ3) is 6.21. The molecular formula is C28H28FN5O4S. The summed E-state index contributed by atoms with van der Waals surface area (Å²) in [7, 11) is 1.39. The van der Waals surface area contributed by atoms with Crippen molar-refractivity contribution in [2.75, 3.05) is 33.4 Å². The van der Waals surface area contributed by atoms with Crippen LogP contribution in [0.25, 0.3) is 0 Å². The van der Waals surface area contributed by atoms with E-state index < -0.39 is 5.82 Å². The molecule has 0 saturated carbocycles. The molecule has 1 saturated heterocycles. The van der Waals surface area contributed by atoms with E-state index in [9.17, 15) is 9.18 Å². The maximum atomic E-state index is 13.7. The first-order valence-electron chi connectivity index (χ1n) is 12.6. The number of nitrogens with zero attached hydrogens (tertiary/aromatic N) is 4. The molecule has 1 amide bonds. The van der Waals surface area contributed by atoms with E-state index in [1.807, 2.05) is 24.3 Å². The lowest BCUT2D eigenvalue weighted by Crippen LogP contribution is -2.40. The molecule has 11 heteroatoms. The zero-order valence-corrected chi connectivity index (χ0v) is 22.5. The number of rotatable bonds is 7. The van der Waals surface area contributed by atoms with Crippen LogP contribution in [-0.4, -0.2) is 64.9 Å². The van der Waals surface area contributed by atoms with Gasteiger partial charge in [0.15, 0.2) is 17.7 Å². The minimum Gasteiger partial charge on any atom is -0.494 e. The van der Waals surface area contributed by atoms with Gasteiger partial charge in [0.05, 0.1) is 26.0 Å². The fourth-order valence-corrected chi connectivity index (χ4v) is 4.73. The van der Waals surface area contributed by atoms with Crippen LogP contribution < -0.4 is 10.1 Å². The summed E-state index contributed by atoms with van der Waals surface area (Å²) in [6.07, 6.45) is 0.229. The van der Waals surface area contributed by atoms with Crippen molar-refractivity contribution < 1.29 is 23.5 Å². The first kappa shape index (κ1) is 26.6. The topological polar surface area (TPSA) is 98.2 Å². The molecule has 1 atom stereocenters. The van der Waals surface area contributed by atoms with E-state index in [0.717, 1.165) is 29.2 Å². The predicted octanol–water partition coefficient (Wildman–Crippen LogP) is 3.74. The van der Waals surface area contributed by atoms with Crippen LogP contribution in [0.1, 0.15) is 51.2 Å². The number of nitrogens with one attached hydrogen (secondary N) is 1. The normalized spacial score (nSPS) is 16.8. The second-order valence-electron chi connectivity index (χ2n) is 9.20. The van der Waals surface area contributed by atoms with Gasteiger partial charge >= 0.3 is 0 Å². The van der Waals surface area contributed by atoms with Crippen molar-refractivity contribution >= 4 is 28.8 Å². The van der Waals surface area contributed by atoms with Crippen LogP contribution in [0.3, 0.4) is 0 Å². The van der Waals surface area contributed by atoms with E-state index in [4.69, 9.17) is 26.5 Å². The van der Waals surface area contributed by atoms with Crippen molar-refractivity contribution in [1.29, 1.82) is 0 Å². The average Bonchev–Trinajstić information content (AvgIpc) is 3.47. The van der Waals surface area contributed by atoms with Gasteiger partial charge < -0.3 is 24.5 Å². The van der Waals surface area contributed by atoms with Gasteiger partial charge in [-0.05, 0) is 36.2 Å². The number of aryl methyl sites for hydroxylation is 1. The van der Waals surface area contributed by atoms with Gasteiger partial charge in [-0.2, -0.15) is 0 Å². The summed E-state index contributed by atoms with van der Waals surface area (Å²) in [6.45, 7) is 4.86. The van der Waals surface area contributed by atoms with Gasteiger partial charge in [0.25, 0.3) is 5.91 Å². The lowest BCUT2D eigenvalue weighted by atomic mass is 10.0. The molecule has 0 radical (unpaired) electrons. The van der Waals surface area contributed by atoms with Crippen LogP contribution in [0, 0.1) is 12.7 Å². The molecule has 202 valence electrons. The Morgan fingerprint density at radius 3 is 2.67 bits per heavy atom. The molecule has 1 unspecified atom stereocenters. The van der Waals surface area contributed by atoms with Crippen molar-refractivity contribution in [3.63, 3.8) is 0 Å². The highest BCUT2D eigenvalue weighted by molar-refractivity contribution is 7.80. The number of ether oxygens (including phenoxy) is 2. The highest BCUT2D eigenvalue weighted by atomic mass is 32.1. The molecule has 0 bridgehead atoms. The van der Waals surface area contributed by atoms with Crippen LogP contribution in [0.2, 0.25) is 0 Å². The standard InChI is InChI=1S/C28H28FN5O4S/c1-17-31-22(14-24(32-17)27(35)30-16-18-3-8-21(29)26(13-18)36-2)23-15-25(38-33-23)19-4-6-20(7-5-19)28(39)34-9-11-37-12-10-34/h3-8,13-14,25H,9-12,15-16H2,1-2H3,(H,30,35). The van der Waals surface area contributed by atoms with Gasteiger partial charge in [0, 0.05) is 31.6 Å². The third-order valence-electron chi connectivity index (χ3n) is 6.53. The van der Waals surface area contributed by atoms with Crippen LogP contribution in [0.15, 0.2) is 53.7 Å². The van der Waals surface area contributed by atoms with Crippen LogP contribution in [0.4, 0.5) is 4.39 Å². The maximum Gasteiger partial charge on any atom is 0.270 e. The van der Waals surface area contributed by atoms with Gasteiger partial charge in [0.2, 0.25) is 0 Å². The van der Waals surface area contributed by atoms with Gasteiger partial charge in [-0.3, -0.25) is 4.79 Å². The third-order valence-corrected chi connectivity index (χ3v) is 7.03. The summed E-state index contributed by atoms with van der Waals surface area (Å²) >= 11 is 5.66. The van der Waals surface area contributed by atoms with Gasteiger partial charge in [-0.15, -0.1) is 0 Å². The van der Waals surface area contributed by atoms with E-state index in [-0.39, 0.29) is 30.0 Å². The molecule has 2 aliphatic heterocycles. The van der Waals surface area contributed by atoms with E-state index in [1.165, 1.54) is 13.2 Å². The number of methoxy groups -OCH3 is 1. The van der Waals surface area contributed by atoms with E-state index >= 15 is 0 Å². The van der Waals surface area contributed by atoms with Gasteiger partial charge in [0.1, 0.15) is 22.2 Å². The highest BCUT2D eigenvalue weighted by Crippen LogP contribution is 2.30. The number of carbonyl (C=O) groups is 1. The highest BCUT2D eigenvalue weighted by Gasteiger charge is 2.26. The van der Waals surface area contributed by atoms with Crippen molar-refractivity contribution in [2.24, 2.45) is 5.16 Å². The summed E-state index contributed by atoms with van der Waals surface area (Å²) in [5, 5.41) is 7.06. The molecule has 2 aromatic carbocycles. The largest absolute Gasteiger partial charge is 0.494 e. The number of benzene rings is 2. The van der Waals surface area contributed by atoms with Crippen LogP contribution >= 0.6 is 12.2 Å². The van der Waals surface area contributed by atoms with E-state index in [1.54, 1.807) is 25.1 Å². The van der Waals surface area contributed by atoms with E-state index in [2.05, 4.69) is 25.3 Å². The lowest BCUT2D eigenvalue weighted by molar-refractivity contribution is 0.0693. The minimum absolute atomic E-state index is 0.116. The number of carbonyl (C=O) groups excluding carboxylic acids is 1. The number of oxime groups is 1. The Labute approximate surface area is 231 Å². The molecule has 3 aromatic rings. The molecule has 1 N–H and O–H groups in total. The number of halogens is 1. The number of aromatic nitrogens is 2. The molecule has 9 nitrogen and oxygen atoms in total. The van der Waals surface area contributed by atoms with Gasteiger partial charge in [-0.1, -0.05) is 47.7 Å². The fourth-order valence-electron chi connectivity index (χ4n) is 4.42. The smallest absolute Gasteiger partial charge is 0.270 e. The Bertz CT molecular complexity index is 1410. The predicted molar refractivity (Wildman–Crippen MR) is 146 cm³/mol. The SMILES string of the molecule is COc1cc(CNC(=O)c2cc(C3=NOC(c4ccc(C(=S)N5CCOCC5)cc4)C3)nc(C)n2)ccc1F. The number of morpholine rings is 1. The first-order valence-corrected chi connectivity index (χ1v) is 13.0. The minimum atomic E-state index is -0.464. The second-order valence-corrected chi connectivity index (χ2v) is 9.59. The number of amides is 1.